The van der Waals surface area contributed by atoms with E-state index in [9.17, 15) is 27.6 Å². The highest BCUT2D eigenvalue weighted by Gasteiger charge is 2.45. The highest BCUT2D eigenvalue weighted by atomic mass is 19.4. The number of amides is 1. The SMILES string of the molecule is COc1ccc(F)cc1C(=O)NCc1ccc(-c2nn(C(C(C)C)C(F)(F)F)c(N)c2C#N)cc1. The van der Waals surface area contributed by atoms with Gasteiger partial charge in [-0.05, 0) is 29.7 Å². The summed E-state index contributed by atoms with van der Waals surface area (Å²) in [5.41, 5.74) is 6.83. The molecule has 0 radical (unpaired) electrons. The number of hydrogen-bond donors (Lipinski definition) is 2. The van der Waals surface area contributed by atoms with E-state index in [1.54, 1.807) is 24.3 Å². The van der Waals surface area contributed by atoms with Crippen LogP contribution in [0.25, 0.3) is 11.3 Å². The van der Waals surface area contributed by atoms with Gasteiger partial charge in [0.25, 0.3) is 5.91 Å². The molecule has 0 spiro atoms. The Bertz CT molecular complexity index is 1260. The highest BCUT2D eigenvalue weighted by Crippen LogP contribution is 2.39. The zero-order valence-corrected chi connectivity index (χ0v) is 19.2. The number of anilines is 1. The number of nitrogen functional groups attached to an aromatic ring is 1. The summed E-state index contributed by atoms with van der Waals surface area (Å²) in [6.45, 7) is 2.88. The van der Waals surface area contributed by atoms with Gasteiger partial charge in [0.2, 0.25) is 0 Å². The largest absolute Gasteiger partial charge is 0.496 e. The number of nitrogens with zero attached hydrogens (tertiary/aromatic N) is 3. The molecule has 0 aliphatic heterocycles. The summed E-state index contributed by atoms with van der Waals surface area (Å²) < 4.78 is 60.1. The minimum Gasteiger partial charge on any atom is -0.496 e. The molecule has 0 fully saturated rings. The van der Waals surface area contributed by atoms with Crippen LogP contribution in [-0.4, -0.2) is 29.0 Å². The lowest BCUT2D eigenvalue weighted by Gasteiger charge is -2.25. The summed E-state index contributed by atoms with van der Waals surface area (Å²) in [6, 6.07) is 9.81. The van der Waals surface area contributed by atoms with E-state index < -0.39 is 29.9 Å². The molecule has 1 aromatic heterocycles. The van der Waals surface area contributed by atoms with E-state index in [2.05, 4.69) is 10.4 Å². The minimum absolute atomic E-state index is 0.0278. The number of ether oxygens (including phenoxy) is 1. The van der Waals surface area contributed by atoms with E-state index in [1.165, 1.54) is 33.1 Å². The maximum absolute atomic E-state index is 13.6. The first-order valence-electron chi connectivity index (χ1n) is 10.5. The quantitative estimate of drug-likeness (QED) is 0.462. The molecule has 1 unspecified atom stereocenters. The number of hydrogen-bond acceptors (Lipinski definition) is 5. The number of rotatable bonds is 7. The lowest BCUT2D eigenvalue weighted by atomic mass is 10.0. The number of carbonyl (C=O) groups excluding carboxylic acids is 1. The van der Waals surface area contributed by atoms with Gasteiger partial charge in [-0.2, -0.15) is 23.5 Å². The fourth-order valence-electron chi connectivity index (χ4n) is 3.69. The Hall–Kier alpha value is -4.07. The molecule has 0 aliphatic carbocycles. The summed E-state index contributed by atoms with van der Waals surface area (Å²) in [5.74, 6) is -2.14. The van der Waals surface area contributed by atoms with E-state index >= 15 is 0 Å². The molecule has 1 amide bonds. The van der Waals surface area contributed by atoms with Crippen molar-refractivity contribution in [2.24, 2.45) is 5.92 Å². The molecule has 0 saturated carbocycles. The zero-order chi connectivity index (χ0) is 25.9. The van der Waals surface area contributed by atoms with Gasteiger partial charge in [-0.3, -0.25) is 4.79 Å². The molecule has 11 heteroatoms. The van der Waals surface area contributed by atoms with Gasteiger partial charge in [0.05, 0.1) is 12.7 Å². The number of benzene rings is 2. The van der Waals surface area contributed by atoms with E-state index in [4.69, 9.17) is 10.5 Å². The Morgan fingerprint density at radius 1 is 1.23 bits per heavy atom. The van der Waals surface area contributed by atoms with Crippen LogP contribution in [0.4, 0.5) is 23.4 Å². The maximum atomic E-state index is 13.6. The van der Waals surface area contributed by atoms with Crippen LogP contribution in [0.15, 0.2) is 42.5 Å². The van der Waals surface area contributed by atoms with E-state index in [1.807, 2.05) is 6.07 Å². The van der Waals surface area contributed by atoms with Gasteiger partial charge in [-0.25, -0.2) is 9.07 Å². The molecule has 0 bridgehead atoms. The van der Waals surface area contributed by atoms with Crippen LogP contribution in [0.2, 0.25) is 0 Å². The number of carbonyl (C=O) groups is 1. The van der Waals surface area contributed by atoms with E-state index in [0.717, 1.165) is 6.07 Å². The first kappa shape index (κ1) is 25.6. The van der Waals surface area contributed by atoms with Crippen molar-refractivity contribution in [1.82, 2.24) is 15.1 Å². The molecular formula is C24H23F4N5O2. The van der Waals surface area contributed by atoms with E-state index in [0.29, 0.717) is 15.8 Å². The molecule has 1 heterocycles. The third kappa shape index (κ3) is 5.37. The van der Waals surface area contributed by atoms with Gasteiger partial charge in [-0.15, -0.1) is 0 Å². The molecule has 1 atom stereocenters. The minimum atomic E-state index is -4.61. The fraction of sp³-hybridized carbons (Fsp3) is 0.292. The van der Waals surface area contributed by atoms with Gasteiger partial charge in [0.15, 0.2) is 6.04 Å². The van der Waals surface area contributed by atoms with Gasteiger partial charge in [0.1, 0.15) is 34.7 Å². The highest BCUT2D eigenvalue weighted by molar-refractivity contribution is 5.96. The van der Waals surface area contributed by atoms with Crippen LogP contribution in [0.5, 0.6) is 5.75 Å². The average Bonchev–Trinajstić information content (AvgIpc) is 3.12. The monoisotopic (exact) mass is 489 g/mol. The number of nitriles is 1. The predicted octanol–water partition coefficient (Wildman–Crippen LogP) is 4.84. The second-order valence-corrected chi connectivity index (χ2v) is 8.12. The van der Waals surface area contributed by atoms with Crippen LogP contribution in [0, 0.1) is 23.1 Å². The van der Waals surface area contributed by atoms with Crippen LogP contribution in [-0.2, 0) is 6.54 Å². The molecule has 3 N–H and O–H groups in total. The standard InChI is InChI=1S/C24H23F4N5O2/c1-13(2)21(24(26,27)28)33-22(30)18(11-29)20(32-33)15-6-4-14(5-7-15)12-31-23(34)17-10-16(25)8-9-19(17)35-3/h4-10,13,21H,12,30H2,1-3H3,(H,31,34). The molecule has 3 rings (SSSR count). The Kier molecular flexibility index (Phi) is 7.34. The summed E-state index contributed by atoms with van der Waals surface area (Å²) >= 11 is 0. The van der Waals surface area contributed by atoms with Gasteiger partial charge < -0.3 is 15.8 Å². The van der Waals surface area contributed by atoms with Crippen LogP contribution < -0.4 is 15.8 Å². The summed E-state index contributed by atoms with van der Waals surface area (Å²) in [7, 11) is 1.37. The number of nitrogens with one attached hydrogen (secondary N) is 1. The molecule has 184 valence electrons. The first-order valence-corrected chi connectivity index (χ1v) is 10.5. The Morgan fingerprint density at radius 3 is 2.43 bits per heavy atom. The van der Waals surface area contributed by atoms with Gasteiger partial charge in [0, 0.05) is 12.1 Å². The van der Waals surface area contributed by atoms with Crippen molar-refractivity contribution in [3.8, 4) is 23.1 Å². The normalized spacial score (nSPS) is 12.3. The molecule has 0 aliphatic rings. The molecule has 7 nitrogen and oxygen atoms in total. The number of nitrogens with two attached hydrogens (primary N) is 1. The van der Waals surface area contributed by atoms with Crippen LogP contribution >= 0.6 is 0 Å². The molecule has 0 saturated heterocycles. The van der Waals surface area contributed by atoms with Crippen molar-refractivity contribution in [3.05, 3.63) is 65.0 Å². The number of halogens is 4. The Labute approximate surface area is 199 Å². The summed E-state index contributed by atoms with van der Waals surface area (Å²) in [6.07, 6.45) is -4.61. The van der Waals surface area contributed by atoms with Crippen molar-refractivity contribution < 1.29 is 27.1 Å². The van der Waals surface area contributed by atoms with E-state index in [-0.39, 0.29) is 34.9 Å². The third-order valence-electron chi connectivity index (χ3n) is 5.38. The van der Waals surface area contributed by atoms with Crippen molar-refractivity contribution in [2.45, 2.75) is 32.6 Å². The molecular weight excluding hydrogens is 466 g/mol. The third-order valence-corrected chi connectivity index (χ3v) is 5.38. The predicted molar refractivity (Wildman–Crippen MR) is 121 cm³/mol. The summed E-state index contributed by atoms with van der Waals surface area (Å²) in [5, 5.41) is 16.2. The van der Waals surface area contributed by atoms with Crippen molar-refractivity contribution in [1.29, 1.82) is 5.26 Å². The fourth-order valence-corrected chi connectivity index (χ4v) is 3.69. The molecule has 3 aromatic rings. The molecule has 35 heavy (non-hydrogen) atoms. The smallest absolute Gasteiger partial charge is 0.411 e. The second kappa shape index (κ2) is 10.0. The zero-order valence-electron chi connectivity index (χ0n) is 19.2. The first-order chi connectivity index (χ1) is 16.5. The number of alkyl halides is 3. The number of aromatic nitrogens is 2. The summed E-state index contributed by atoms with van der Waals surface area (Å²) in [4.78, 5) is 12.4. The maximum Gasteiger partial charge on any atom is 0.411 e. The van der Waals surface area contributed by atoms with Crippen molar-refractivity contribution in [2.75, 3.05) is 12.8 Å². The second-order valence-electron chi connectivity index (χ2n) is 8.12. The van der Waals surface area contributed by atoms with Gasteiger partial charge in [-0.1, -0.05) is 38.1 Å². The van der Waals surface area contributed by atoms with Crippen molar-refractivity contribution in [3.63, 3.8) is 0 Å². The van der Waals surface area contributed by atoms with Crippen molar-refractivity contribution >= 4 is 11.7 Å². The Morgan fingerprint density at radius 2 is 1.89 bits per heavy atom. The van der Waals surface area contributed by atoms with Gasteiger partial charge >= 0.3 is 6.18 Å². The molecule has 2 aromatic carbocycles. The lowest BCUT2D eigenvalue weighted by molar-refractivity contribution is -0.180. The van der Waals surface area contributed by atoms with Crippen LogP contribution in [0.1, 0.15) is 41.4 Å². The Balaban J connectivity index is 1.84. The average molecular weight is 489 g/mol. The van der Waals surface area contributed by atoms with Crippen LogP contribution in [0.3, 0.4) is 0 Å². The number of methoxy groups -OCH3 is 1. The topological polar surface area (TPSA) is 106 Å². The lowest BCUT2D eigenvalue weighted by Crippen LogP contribution is -2.32.